The average molecular weight is 347 g/mol. The molecule has 1 N–H and O–H groups in total. The number of rotatable bonds is 6. The molecule has 1 aromatic rings. The topological polar surface area (TPSA) is 50.2 Å². The van der Waals surface area contributed by atoms with Gasteiger partial charge in [-0.2, -0.15) is 5.10 Å². The Morgan fingerprint density at radius 1 is 1.08 bits per heavy atom. The summed E-state index contributed by atoms with van der Waals surface area (Å²) < 4.78 is 2.08. The third-order valence-corrected chi connectivity index (χ3v) is 6.39. The van der Waals surface area contributed by atoms with E-state index in [9.17, 15) is 4.79 Å². The number of nitrogens with one attached hydrogen (secondary N) is 1. The van der Waals surface area contributed by atoms with E-state index in [0.717, 1.165) is 51.1 Å². The maximum atomic E-state index is 13.1. The van der Waals surface area contributed by atoms with E-state index in [2.05, 4.69) is 40.8 Å². The van der Waals surface area contributed by atoms with Crippen molar-refractivity contribution >= 4 is 5.91 Å². The van der Waals surface area contributed by atoms with Crippen LogP contribution >= 0.6 is 0 Å². The molecule has 0 aromatic carbocycles. The number of aryl methyl sites for hydroxylation is 2. The van der Waals surface area contributed by atoms with Gasteiger partial charge in [-0.1, -0.05) is 19.3 Å². The molecule has 0 bridgehead atoms. The Morgan fingerprint density at radius 3 is 2.36 bits per heavy atom. The molecular formula is C20H34N4O. The molecule has 2 aliphatic rings. The fraction of sp³-hybridized carbons (Fsp3) is 0.800. The first-order chi connectivity index (χ1) is 12.0. The van der Waals surface area contributed by atoms with E-state index in [1.54, 1.807) is 0 Å². The smallest absolute Gasteiger partial charge is 0.240 e. The molecular weight excluding hydrogens is 312 g/mol. The van der Waals surface area contributed by atoms with E-state index < -0.39 is 0 Å². The van der Waals surface area contributed by atoms with Gasteiger partial charge in [-0.3, -0.25) is 14.4 Å². The summed E-state index contributed by atoms with van der Waals surface area (Å²) in [5, 5.41) is 7.85. The normalized spacial score (nSPS) is 20.8. The van der Waals surface area contributed by atoms with Gasteiger partial charge < -0.3 is 5.32 Å². The second-order valence-corrected chi connectivity index (χ2v) is 7.91. The Bertz CT molecular complexity index is 595. The number of amides is 1. The number of hydrogen-bond acceptors (Lipinski definition) is 3. The summed E-state index contributed by atoms with van der Waals surface area (Å²) in [7, 11) is 0. The van der Waals surface area contributed by atoms with E-state index >= 15 is 0 Å². The first kappa shape index (κ1) is 18.4. The third kappa shape index (κ3) is 3.76. The Kier molecular flexibility index (Phi) is 5.82. The minimum atomic E-state index is -0.219. The maximum absolute atomic E-state index is 13.1. The highest BCUT2D eigenvalue weighted by Crippen LogP contribution is 2.36. The molecule has 140 valence electrons. The van der Waals surface area contributed by atoms with Gasteiger partial charge in [0.1, 0.15) is 5.54 Å². The predicted molar refractivity (Wildman–Crippen MR) is 101 cm³/mol. The highest BCUT2D eigenvalue weighted by molar-refractivity contribution is 5.86. The summed E-state index contributed by atoms with van der Waals surface area (Å²) in [6, 6.07) is 0. The minimum Gasteiger partial charge on any atom is -0.354 e. The quantitative estimate of drug-likeness (QED) is 0.805. The van der Waals surface area contributed by atoms with Crippen LogP contribution in [0.3, 0.4) is 0 Å². The monoisotopic (exact) mass is 346 g/mol. The van der Waals surface area contributed by atoms with Crippen molar-refractivity contribution in [3.05, 3.63) is 17.0 Å². The van der Waals surface area contributed by atoms with Crippen LogP contribution in [0.25, 0.3) is 0 Å². The lowest BCUT2D eigenvalue weighted by atomic mass is 9.79. The van der Waals surface area contributed by atoms with Crippen LogP contribution in [-0.2, 0) is 11.3 Å². The van der Waals surface area contributed by atoms with Crippen LogP contribution in [0.15, 0.2) is 0 Å². The highest BCUT2D eigenvalue weighted by Gasteiger charge is 2.45. The van der Waals surface area contributed by atoms with Crippen molar-refractivity contribution in [1.82, 2.24) is 20.0 Å². The number of carbonyl (C=O) groups is 1. The molecule has 1 aromatic heterocycles. The molecule has 0 spiro atoms. The van der Waals surface area contributed by atoms with Gasteiger partial charge in [0.05, 0.1) is 5.69 Å². The highest BCUT2D eigenvalue weighted by atomic mass is 16.2. The Labute approximate surface area is 152 Å². The van der Waals surface area contributed by atoms with Crippen molar-refractivity contribution in [3.63, 3.8) is 0 Å². The lowest BCUT2D eigenvalue weighted by Gasteiger charge is -2.43. The molecule has 1 saturated heterocycles. The van der Waals surface area contributed by atoms with Crippen LogP contribution in [0.5, 0.6) is 0 Å². The third-order valence-electron chi connectivity index (χ3n) is 6.39. The van der Waals surface area contributed by atoms with Crippen LogP contribution in [0, 0.1) is 20.8 Å². The van der Waals surface area contributed by atoms with Gasteiger partial charge in [0.15, 0.2) is 0 Å². The van der Waals surface area contributed by atoms with Crippen molar-refractivity contribution in [2.45, 2.75) is 84.2 Å². The minimum absolute atomic E-state index is 0.219. The molecule has 25 heavy (non-hydrogen) atoms. The van der Waals surface area contributed by atoms with Gasteiger partial charge in [0.25, 0.3) is 0 Å². The summed E-state index contributed by atoms with van der Waals surface area (Å²) in [6.45, 7) is 10.1. The molecule has 1 saturated carbocycles. The van der Waals surface area contributed by atoms with Crippen molar-refractivity contribution < 1.29 is 4.79 Å². The van der Waals surface area contributed by atoms with Crippen molar-refractivity contribution in [2.24, 2.45) is 0 Å². The number of aromatic nitrogens is 2. The Balaban J connectivity index is 1.54. The molecule has 1 aliphatic heterocycles. The van der Waals surface area contributed by atoms with Crippen LogP contribution in [-0.4, -0.2) is 45.8 Å². The summed E-state index contributed by atoms with van der Waals surface area (Å²) >= 11 is 0. The fourth-order valence-corrected chi connectivity index (χ4v) is 4.57. The molecule has 0 unspecified atom stereocenters. The average Bonchev–Trinajstić information content (AvgIpc) is 3.25. The zero-order chi connectivity index (χ0) is 17.9. The first-order valence-corrected chi connectivity index (χ1v) is 10.1. The fourth-order valence-electron chi connectivity index (χ4n) is 4.57. The molecule has 5 nitrogen and oxygen atoms in total. The SMILES string of the molecule is Cc1nn(CCCNC(=O)C2(N3CCCC3)CCCCC2)c(C)c1C. The van der Waals surface area contributed by atoms with E-state index in [4.69, 9.17) is 0 Å². The van der Waals surface area contributed by atoms with Crippen LogP contribution < -0.4 is 5.32 Å². The standard InChI is InChI=1S/C20H34N4O/c1-16-17(2)22-24(18(16)3)15-9-12-21-19(25)20(10-5-4-6-11-20)23-13-7-8-14-23/h4-15H2,1-3H3,(H,21,25). The van der Waals surface area contributed by atoms with Gasteiger partial charge in [0.2, 0.25) is 5.91 Å². The van der Waals surface area contributed by atoms with Crippen molar-refractivity contribution in [1.29, 1.82) is 0 Å². The number of likely N-dealkylation sites (tertiary alicyclic amines) is 1. The van der Waals surface area contributed by atoms with Gasteiger partial charge in [-0.05, 0) is 71.5 Å². The van der Waals surface area contributed by atoms with Gasteiger partial charge >= 0.3 is 0 Å². The van der Waals surface area contributed by atoms with Gasteiger partial charge in [-0.15, -0.1) is 0 Å². The number of nitrogens with zero attached hydrogens (tertiary/aromatic N) is 3. The summed E-state index contributed by atoms with van der Waals surface area (Å²) in [5.41, 5.74) is 3.41. The molecule has 2 fully saturated rings. The van der Waals surface area contributed by atoms with E-state index in [1.165, 1.54) is 43.4 Å². The van der Waals surface area contributed by atoms with Crippen LogP contribution in [0.2, 0.25) is 0 Å². The zero-order valence-corrected chi connectivity index (χ0v) is 16.2. The molecule has 1 amide bonds. The molecule has 2 heterocycles. The second kappa shape index (κ2) is 7.90. The molecule has 0 radical (unpaired) electrons. The Morgan fingerprint density at radius 2 is 1.76 bits per heavy atom. The van der Waals surface area contributed by atoms with E-state index in [-0.39, 0.29) is 11.4 Å². The first-order valence-electron chi connectivity index (χ1n) is 10.1. The number of hydrogen-bond donors (Lipinski definition) is 1. The van der Waals surface area contributed by atoms with Gasteiger partial charge in [0, 0.05) is 18.8 Å². The summed E-state index contributed by atoms with van der Waals surface area (Å²) in [5.74, 6) is 0.277. The van der Waals surface area contributed by atoms with E-state index in [0.29, 0.717) is 0 Å². The lowest BCUT2D eigenvalue weighted by molar-refractivity contribution is -0.135. The predicted octanol–water partition coefficient (Wildman–Crippen LogP) is 3.11. The van der Waals surface area contributed by atoms with Crippen molar-refractivity contribution in [2.75, 3.05) is 19.6 Å². The van der Waals surface area contributed by atoms with Crippen LogP contribution in [0.4, 0.5) is 0 Å². The van der Waals surface area contributed by atoms with Crippen molar-refractivity contribution in [3.8, 4) is 0 Å². The second-order valence-electron chi connectivity index (χ2n) is 7.91. The lowest BCUT2D eigenvalue weighted by Crippen LogP contribution is -2.59. The largest absolute Gasteiger partial charge is 0.354 e. The summed E-state index contributed by atoms with van der Waals surface area (Å²) in [6.07, 6.45) is 9.15. The molecule has 1 aliphatic carbocycles. The van der Waals surface area contributed by atoms with Crippen LogP contribution in [0.1, 0.15) is 68.3 Å². The van der Waals surface area contributed by atoms with E-state index in [1.807, 2.05) is 0 Å². The molecule has 5 heteroatoms. The Hall–Kier alpha value is -1.36. The van der Waals surface area contributed by atoms with Gasteiger partial charge in [-0.25, -0.2) is 0 Å². The number of carbonyl (C=O) groups excluding carboxylic acids is 1. The molecule has 3 rings (SSSR count). The zero-order valence-electron chi connectivity index (χ0n) is 16.2. The molecule has 0 atom stereocenters. The maximum Gasteiger partial charge on any atom is 0.240 e. The summed E-state index contributed by atoms with van der Waals surface area (Å²) in [4.78, 5) is 15.5.